The van der Waals surface area contributed by atoms with Crippen molar-refractivity contribution in [3.05, 3.63) is 65.2 Å². The van der Waals surface area contributed by atoms with E-state index in [0.717, 1.165) is 76.0 Å². The molecule has 0 unspecified atom stereocenters. The summed E-state index contributed by atoms with van der Waals surface area (Å²) in [6, 6.07) is 11.2. The number of amides is 1. The van der Waals surface area contributed by atoms with Crippen LogP contribution in [0.5, 0.6) is 0 Å². The Morgan fingerprint density at radius 1 is 0.971 bits per heavy atom. The van der Waals surface area contributed by atoms with Crippen LogP contribution in [0.3, 0.4) is 0 Å². The summed E-state index contributed by atoms with van der Waals surface area (Å²) in [7, 11) is 0. The number of fused-ring (bicyclic) bond motifs is 1. The molecule has 4 rings (SSSR count). The molecule has 1 fully saturated rings. The predicted octanol–water partition coefficient (Wildman–Crippen LogP) is 5.75. The summed E-state index contributed by atoms with van der Waals surface area (Å²) < 4.78 is 33.4. The number of halogens is 2. The monoisotopic (exact) mass is 470 g/mol. The van der Waals surface area contributed by atoms with Crippen LogP contribution in [0, 0.1) is 17.6 Å². The van der Waals surface area contributed by atoms with Crippen LogP contribution < -0.4 is 4.90 Å². The summed E-state index contributed by atoms with van der Waals surface area (Å²) >= 11 is 0. The molecule has 0 radical (unpaired) electrons. The third kappa shape index (κ3) is 6.22. The third-order valence-corrected chi connectivity index (χ3v) is 7.19. The molecule has 0 aliphatic carbocycles. The highest BCUT2D eigenvalue weighted by Gasteiger charge is 2.29. The molecule has 2 aliphatic heterocycles. The van der Waals surface area contributed by atoms with E-state index in [1.807, 2.05) is 0 Å². The van der Waals surface area contributed by atoms with Crippen LogP contribution >= 0.6 is 0 Å². The fraction of sp³-hybridized carbons (Fsp3) is 0.536. The Hall–Kier alpha value is -2.31. The number of nitrogens with zero attached hydrogens (tertiary/aromatic N) is 2. The van der Waals surface area contributed by atoms with Gasteiger partial charge in [0, 0.05) is 25.7 Å². The van der Waals surface area contributed by atoms with Gasteiger partial charge in [0.05, 0.1) is 12.2 Å². The lowest BCUT2D eigenvalue weighted by Crippen LogP contribution is -2.44. The zero-order chi connectivity index (χ0) is 23.9. The molecule has 1 saturated heterocycles. The van der Waals surface area contributed by atoms with Crippen LogP contribution in [0.2, 0.25) is 0 Å². The van der Waals surface area contributed by atoms with Gasteiger partial charge in [-0.1, -0.05) is 25.1 Å². The second-order valence-corrected chi connectivity index (χ2v) is 9.62. The second kappa shape index (κ2) is 11.9. The lowest BCUT2D eigenvalue weighted by molar-refractivity contribution is -0.120. The number of carbonyl (C=O) groups is 1. The standard InChI is InChI=1S/C28H36F2N2O2/c1-2-17-34-18-13-21-11-15-31(16-12-21)20-28(33)32-14-3-4-25(22-5-7-23(29)8-6-22)26-10-9-24(30)19-27(26)32/h5-10,19,21,25H,2-4,11-18,20H2,1H3/t25-/m0/s1. The number of hydrogen-bond donors (Lipinski definition) is 0. The maximum Gasteiger partial charge on any atom is 0.241 e. The highest BCUT2D eigenvalue weighted by atomic mass is 19.1. The molecular weight excluding hydrogens is 434 g/mol. The van der Waals surface area contributed by atoms with Gasteiger partial charge in [0.2, 0.25) is 5.91 Å². The van der Waals surface area contributed by atoms with E-state index in [1.54, 1.807) is 23.1 Å². The Bertz CT molecular complexity index is 942. The van der Waals surface area contributed by atoms with Gasteiger partial charge in [-0.25, -0.2) is 8.78 Å². The first-order valence-electron chi connectivity index (χ1n) is 12.7. The minimum absolute atomic E-state index is 0.0136. The zero-order valence-electron chi connectivity index (χ0n) is 20.1. The van der Waals surface area contributed by atoms with Crippen LogP contribution in [-0.4, -0.2) is 50.2 Å². The number of likely N-dealkylation sites (tertiary alicyclic amines) is 1. The Morgan fingerprint density at radius 3 is 2.44 bits per heavy atom. The number of piperidine rings is 1. The fourth-order valence-corrected chi connectivity index (χ4v) is 5.28. The molecule has 0 bridgehead atoms. The average Bonchev–Trinajstić information content (AvgIpc) is 3.03. The van der Waals surface area contributed by atoms with E-state index in [4.69, 9.17) is 4.74 Å². The summed E-state index contributed by atoms with van der Waals surface area (Å²) in [5.74, 6) is 0.0804. The molecule has 2 aromatic carbocycles. The van der Waals surface area contributed by atoms with E-state index in [2.05, 4.69) is 11.8 Å². The van der Waals surface area contributed by atoms with E-state index < -0.39 is 0 Å². The Labute approximate surface area is 201 Å². The topological polar surface area (TPSA) is 32.8 Å². The van der Waals surface area contributed by atoms with Gasteiger partial charge in [-0.3, -0.25) is 9.69 Å². The van der Waals surface area contributed by atoms with Crippen molar-refractivity contribution in [2.75, 3.05) is 44.3 Å². The zero-order valence-corrected chi connectivity index (χ0v) is 20.1. The van der Waals surface area contributed by atoms with Crippen molar-refractivity contribution in [2.24, 2.45) is 5.92 Å². The van der Waals surface area contributed by atoms with Gasteiger partial charge in [0.15, 0.2) is 0 Å². The normalized spacial score (nSPS) is 19.6. The van der Waals surface area contributed by atoms with Crippen molar-refractivity contribution in [1.82, 2.24) is 4.90 Å². The molecule has 2 heterocycles. The molecule has 0 saturated carbocycles. The first-order valence-corrected chi connectivity index (χ1v) is 12.7. The number of anilines is 1. The molecule has 4 nitrogen and oxygen atoms in total. The number of ether oxygens (including phenoxy) is 1. The largest absolute Gasteiger partial charge is 0.381 e. The first kappa shape index (κ1) is 24.8. The van der Waals surface area contributed by atoms with Gasteiger partial charge in [-0.05, 0) is 92.9 Å². The number of rotatable bonds is 8. The van der Waals surface area contributed by atoms with Crippen molar-refractivity contribution in [3.63, 3.8) is 0 Å². The Balaban J connectivity index is 1.42. The van der Waals surface area contributed by atoms with Crippen LogP contribution in [0.15, 0.2) is 42.5 Å². The van der Waals surface area contributed by atoms with Crippen LogP contribution in [0.4, 0.5) is 14.5 Å². The molecule has 2 aliphatic rings. The van der Waals surface area contributed by atoms with Gasteiger partial charge in [-0.15, -0.1) is 0 Å². The lowest BCUT2D eigenvalue weighted by atomic mass is 9.87. The van der Waals surface area contributed by atoms with Gasteiger partial charge < -0.3 is 9.64 Å². The summed E-state index contributed by atoms with van der Waals surface area (Å²) in [4.78, 5) is 17.4. The van der Waals surface area contributed by atoms with E-state index in [0.29, 0.717) is 24.7 Å². The van der Waals surface area contributed by atoms with Crippen molar-refractivity contribution >= 4 is 11.6 Å². The quantitative estimate of drug-likeness (QED) is 0.461. The molecule has 34 heavy (non-hydrogen) atoms. The van der Waals surface area contributed by atoms with Crippen molar-refractivity contribution in [1.29, 1.82) is 0 Å². The van der Waals surface area contributed by atoms with Crippen molar-refractivity contribution < 1.29 is 18.3 Å². The molecule has 1 atom stereocenters. The number of hydrogen-bond acceptors (Lipinski definition) is 3. The summed E-state index contributed by atoms with van der Waals surface area (Å²) in [5.41, 5.74) is 2.58. The molecule has 1 amide bonds. The summed E-state index contributed by atoms with van der Waals surface area (Å²) in [5, 5.41) is 0. The minimum atomic E-state index is -0.345. The third-order valence-electron chi connectivity index (χ3n) is 7.19. The maximum absolute atomic E-state index is 14.3. The Morgan fingerprint density at radius 2 is 1.71 bits per heavy atom. The van der Waals surface area contributed by atoms with E-state index >= 15 is 0 Å². The predicted molar refractivity (Wildman–Crippen MR) is 131 cm³/mol. The van der Waals surface area contributed by atoms with Crippen LogP contribution in [0.1, 0.15) is 62.5 Å². The second-order valence-electron chi connectivity index (χ2n) is 9.62. The van der Waals surface area contributed by atoms with Gasteiger partial charge >= 0.3 is 0 Å². The molecule has 184 valence electrons. The SMILES string of the molecule is CCCOCCC1CCN(CC(=O)N2CCC[C@@H](c3ccc(F)cc3)c3ccc(F)cc32)CC1. The van der Waals surface area contributed by atoms with Gasteiger partial charge in [-0.2, -0.15) is 0 Å². The highest BCUT2D eigenvalue weighted by molar-refractivity contribution is 5.96. The smallest absolute Gasteiger partial charge is 0.241 e. The number of carbonyl (C=O) groups excluding carboxylic acids is 1. The summed E-state index contributed by atoms with van der Waals surface area (Å²) in [6.45, 7) is 6.51. The maximum atomic E-state index is 14.3. The minimum Gasteiger partial charge on any atom is -0.381 e. The molecule has 0 N–H and O–H groups in total. The summed E-state index contributed by atoms with van der Waals surface area (Å²) in [6.07, 6.45) is 5.95. The average molecular weight is 471 g/mol. The molecule has 0 spiro atoms. The Kier molecular flexibility index (Phi) is 8.68. The van der Waals surface area contributed by atoms with Gasteiger partial charge in [0.1, 0.15) is 11.6 Å². The lowest BCUT2D eigenvalue weighted by Gasteiger charge is -2.33. The first-order chi connectivity index (χ1) is 16.5. The van der Waals surface area contributed by atoms with E-state index in [1.165, 1.54) is 24.3 Å². The van der Waals surface area contributed by atoms with Crippen LogP contribution in [-0.2, 0) is 9.53 Å². The molecule has 0 aromatic heterocycles. The van der Waals surface area contributed by atoms with E-state index in [-0.39, 0.29) is 23.5 Å². The van der Waals surface area contributed by atoms with Crippen molar-refractivity contribution in [2.45, 2.75) is 51.4 Å². The van der Waals surface area contributed by atoms with E-state index in [9.17, 15) is 13.6 Å². The number of benzene rings is 2. The fourth-order valence-electron chi connectivity index (χ4n) is 5.28. The molecule has 2 aromatic rings. The van der Waals surface area contributed by atoms with Crippen molar-refractivity contribution in [3.8, 4) is 0 Å². The molecule has 6 heteroatoms. The van der Waals surface area contributed by atoms with Crippen LogP contribution in [0.25, 0.3) is 0 Å². The molecular formula is C28H36F2N2O2. The van der Waals surface area contributed by atoms with Gasteiger partial charge in [0.25, 0.3) is 0 Å². The highest BCUT2D eigenvalue weighted by Crippen LogP contribution is 2.39.